The van der Waals surface area contributed by atoms with E-state index in [2.05, 4.69) is 39.1 Å². The van der Waals surface area contributed by atoms with Crippen molar-refractivity contribution in [1.82, 2.24) is 0 Å². The van der Waals surface area contributed by atoms with Crippen LogP contribution in [0.2, 0.25) is 18.6 Å². The van der Waals surface area contributed by atoms with Gasteiger partial charge in [0.1, 0.15) is 0 Å². The number of hydrogen-bond donors (Lipinski definition) is 0. The second kappa shape index (κ2) is 23.6. The number of allylic oxidation sites excluding steroid dienone is 1. The second-order valence-electron chi connectivity index (χ2n) is 10.4. The predicted molar refractivity (Wildman–Crippen MR) is 144 cm³/mol. The summed E-state index contributed by atoms with van der Waals surface area (Å²) in [5, 5.41) is 0. The topological polar surface area (TPSA) is 0 Å². The first-order chi connectivity index (χ1) is 14.7. The lowest BCUT2D eigenvalue weighted by Gasteiger charge is -2.24. The zero-order chi connectivity index (χ0) is 22.2. The highest BCUT2D eigenvalue weighted by Gasteiger charge is 2.22. The largest absolute Gasteiger partial charge is 0.0984 e. The van der Waals surface area contributed by atoms with Crippen LogP contribution in [0.1, 0.15) is 156 Å². The molecule has 0 nitrogen and oxygen atoms in total. The summed E-state index contributed by atoms with van der Waals surface area (Å²) in [5.74, 6) is 0. The molecule has 0 saturated heterocycles. The van der Waals surface area contributed by atoms with Crippen LogP contribution in [0, 0.1) is 0 Å². The van der Waals surface area contributed by atoms with Crippen molar-refractivity contribution in [1.29, 1.82) is 0 Å². The van der Waals surface area contributed by atoms with Crippen LogP contribution < -0.4 is 0 Å². The maximum absolute atomic E-state index is 2.77. The third-order valence-electron chi connectivity index (χ3n) is 6.95. The van der Waals surface area contributed by atoms with Gasteiger partial charge in [-0.05, 0) is 12.8 Å². The van der Waals surface area contributed by atoms with Crippen molar-refractivity contribution in [2.24, 2.45) is 0 Å². The van der Waals surface area contributed by atoms with E-state index in [1.165, 1.54) is 141 Å². The Morgan fingerprint density at radius 1 is 0.433 bits per heavy atom. The highest BCUT2D eigenvalue weighted by Crippen LogP contribution is 2.25. The van der Waals surface area contributed by atoms with E-state index in [4.69, 9.17) is 0 Å². The van der Waals surface area contributed by atoms with Crippen molar-refractivity contribution in [2.45, 2.75) is 174 Å². The van der Waals surface area contributed by atoms with Gasteiger partial charge in [-0.2, -0.15) is 0 Å². The molecule has 0 amide bonds. The first-order valence-corrected chi connectivity index (χ1v) is 17.4. The third kappa shape index (κ3) is 21.2. The summed E-state index contributed by atoms with van der Waals surface area (Å²) in [6, 6.07) is 3.08. The fourth-order valence-electron chi connectivity index (χ4n) is 4.67. The summed E-state index contributed by atoms with van der Waals surface area (Å²) in [6.45, 7) is 9.64. The molecule has 1 heteroatoms. The van der Waals surface area contributed by atoms with Crippen LogP contribution in [0.3, 0.4) is 0 Å². The van der Waals surface area contributed by atoms with E-state index in [1.807, 2.05) is 0 Å². The predicted octanol–water partition coefficient (Wildman–Crippen LogP) is 11.4. The molecule has 0 aromatic heterocycles. The molecule has 0 rings (SSSR count). The highest BCUT2D eigenvalue weighted by molar-refractivity contribution is 6.83. The molecule has 0 saturated carbocycles. The van der Waals surface area contributed by atoms with Crippen LogP contribution in [-0.4, -0.2) is 8.07 Å². The van der Waals surface area contributed by atoms with Gasteiger partial charge in [0.2, 0.25) is 0 Å². The molecule has 0 spiro atoms. The Kier molecular flexibility index (Phi) is 23.6. The van der Waals surface area contributed by atoms with Crippen molar-refractivity contribution in [2.75, 3.05) is 0 Å². The first-order valence-electron chi connectivity index (χ1n) is 14.4. The van der Waals surface area contributed by atoms with Gasteiger partial charge in [-0.25, -0.2) is 0 Å². The van der Waals surface area contributed by atoms with Gasteiger partial charge in [0, 0.05) is 0 Å². The van der Waals surface area contributed by atoms with Gasteiger partial charge in [0.05, 0.1) is 8.07 Å². The minimum atomic E-state index is -1.15. The Balaban J connectivity index is 4.03. The molecule has 1 unspecified atom stereocenters. The first kappa shape index (κ1) is 30.0. The molecule has 0 bridgehead atoms. The molecule has 0 heterocycles. The SMILES string of the molecule is CCCCCCCCCCC=C[Si](C)(CCCCCC)CCCCCCCCCC. The molecule has 1 atom stereocenters. The minimum absolute atomic E-state index is 1.15. The summed E-state index contributed by atoms with van der Waals surface area (Å²) in [5.41, 5.74) is 2.77. The monoisotopic (exact) mass is 436 g/mol. The molecule has 30 heavy (non-hydrogen) atoms. The Bertz CT molecular complexity index is 348. The summed E-state index contributed by atoms with van der Waals surface area (Å²) in [7, 11) is -1.15. The van der Waals surface area contributed by atoms with E-state index >= 15 is 0 Å². The van der Waals surface area contributed by atoms with Gasteiger partial charge in [0.25, 0.3) is 0 Å². The molecule has 0 aliphatic heterocycles. The number of rotatable bonds is 24. The maximum atomic E-state index is 2.77. The van der Waals surface area contributed by atoms with Crippen molar-refractivity contribution < 1.29 is 0 Å². The van der Waals surface area contributed by atoms with Gasteiger partial charge < -0.3 is 0 Å². The molecule has 0 aromatic carbocycles. The van der Waals surface area contributed by atoms with Crippen LogP contribution in [0.15, 0.2) is 11.8 Å². The van der Waals surface area contributed by atoms with E-state index in [1.54, 1.807) is 6.04 Å². The van der Waals surface area contributed by atoms with E-state index in [0.29, 0.717) is 0 Å². The quantitative estimate of drug-likeness (QED) is 0.104. The smallest absolute Gasteiger partial charge is 0.0743 e. The van der Waals surface area contributed by atoms with Gasteiger partial charge in [0.15, 0.2) is 0 Å². The van der Waals surface area contributed by atoms with Crippen LogP contribution >= 0.6 is 0 Å². The molecule has 0 aromatic rings. The fourth-order valence-corrected chi connectivity index (χ4v) is 8.11. The molecule has 0 fully saturated rings. The van der Waals surface area contributed by atoms with E-state index < -0.39 is 8.07 Å². The molecule has 0 radical (unpaired) electrons. The summed E-state index contributed by atoms with van der Waals surface area (Å²) in [6.07, 6.45) is 32.9. The molecule has 0 aliphatic carbocycles. The van der Waals surface area contributed by atoms with Gasteiger partial charge in [-0.1, -0.05) is 173 Å². The maximum Gasteiger partial charge on any atom is 0.0743 e. The van der Waals surface area contributed by atoms with Crippen LogP contribution in [-0.2, 0) is 0 Å². The second-order valence-corrected chi connectivity index (χ2v) is 15.0. The number of unbranched alkanes of at least 4 members (excludes halogenated alkanes) is 18. The van der Waals surface area contributed by atoms with E-state index in [0.717, 1.165) is 0 Å². The lowest BCUT2D eigenvalue weighted by Crippen LogP contribution is -2.27. The normalized spacial score (nSPS) is 13.9. The molecule has 180 valence electrons. The van der Waals surface area contributed by atoms with Gasteiger partial charge >= 0.3 is 0 Å². The van der Waals surface area contributed by atoms with Crippen LogP contribution in [0.4, 0.5) is 0 Å². The minimum Gasteiger partial charge on any atom is -0.0984 e. The lowest BCUT2D eigenvalue weighted by atomic mass is 10.1. The van der Waals surface area contributed by atoms with Crippen molar-refractivity contribution in [3.8, 4) is 0 Å². The Labute approximate surface area is 194 Å². The van der Waals surface area contributed by atoms with E-state index in [9.17, 15) is 0 Å². The summed E-state index contributed by atoms with van der Waals surface area (Å²) >= 11 is 0. The zero-order valence-electron chi connectivity index (χ0n) is 21.9. The average Bonchev–Trinajstić information content (AvgIpc) is 2.75. The lowest BCUT2D eigenvalue weighted by molar-refractivity contribution is 0.577. The van der Waals surface area contributed by atoms with Crippen LogP contribution in [0.5, 0.6) is 0 Å². The van der Waals surface area contributed by atoms with Crippen molar-refractivity contribution >= 4 is 8.07 Å². The third-order valence-corrected chi connectivity index (χ3v) is 11.0. The Morgan fingerprint density at radius 3 is 1.20 bits per heavy atom. The Morgan fingerprint density at radius 2 is 0.767 bits per heavy atom. The van der Waals surface area contributed by atoms with Crippen molar-refractivity contribution in [3.63, 3.8) is 0 Å². The van der Waals surface area contributed by atoms with E-state index in [-0.39, 0.29) is 0 Å². The number of hydrogen-bond acceptors (Lipinski definition) is 0. The summed E-state index contributed by atoms with van der Waals surface area (Å²) < 4.78 is 0. The Hall–Kier alpha value is -0.0431. The highest BCUT2D eigenvalue weighted by atomic mass is 28.3. The van der Waals surface area contributed by atoms with Gasteiger partial charge in [-0.15, -0.1) is 0 Å². The molecular formula is C29H60Si. The summed E-state index contributed by atoms with van der Waals surface area (Å²) in [4.78, 5) is 0. The van der Waals surface area contributed by atoms with Crippen LogP contribution in [0.25, 0.3) is 0 Å². The molecular weight excluding hydrogens is 376 g/mol. The molecule has 0 aliphatic rings. The average molecular weight is 437 g/mol. The fraction of sp³-hybridized carbons (Fsp3) is 0.931. The van der Waals surface area contributed by atoms with Gasteiger partial charge in [-0.3, -0.25) is 0 Å². The zero-order valence-corrected chi connectivity index (χ0v) is 22.9. The standard InChI is InChI=1S/C29H60Si/c1-5-8-11-14-16-18-19-21-23-26-29-30(4,27-24-13-10-7-3)28-25-22-20-17-15-12-9-6-2/h26,29H,5-25,27-28H2,1-4H3. The van der Waals surface area contributed by atoms with Crippen molar-refractivity contribution in [3.05, 3.63) is 11.8 Å². The molecule has 0 N–H and O–H groups in total.